The summed E-state index contributed by atoms with van der Waals surface area (Å²) in [5.41, 5.74) is -0.767. The zero-order chi connectivity index (χ0) is 11.5. The van der Waals surface area contributed by atoms with Crippen molar-refractivity contribution in [1.29, 1.82) is 0 Å². The molecule has 2 unspecified atom stereocenters. The number of nitrogens with one attached hydrogen (secondary N) is 1. The minimum absolute atomic E-state index is 0.0913. The lowest BCUT2D eigenvalue weighted by molar-refractivity contribution is -0.139. The molecule has 0 bridgehead atoms. The van der Waals surface area contributed by atoms with Crippen LogP contribution in [0.25, 0.3) is 0 Å². The van der Waals surface area contributed by atoms with E-state index in [0.29, 0.717) is 12.5 Å². The van der Waals surface area contributed by atoms with Gasteiger partial charge in [0, 0.05) is 13.7 Å². The second-order valence-corrected chi connectivity index (χ2v) is 4.76. The molecule has 1 aliphatic rings. The van der Waals surface area contributed by atoms with E-state index < -0.39 is 5.60 Å². The van der Waals surface area contributed by atoms with Crippen molar-refractivity contribution in [3.8, 4) is 0 Å². The van der Waals surface area contributed by atoms with Crippen LogP contribution in [0.2, 0.25) is 0 Å². The van der Waals surface area contributed by atoms with E-state index in [0.717, 1.165) is 19.3 Å². The van der Waals surface area contributed by atoms with Crippen molar-refractivity contribution in [2.75, 3.05) is 13.7 Å². The molecule has 0 radical (unpaired) electrons. The molecule has 0 aromatic rings. The molecule has 1 saturated carbocycles. The molecular weight excluding hydrogens is 194 g/mol. The summed E-state index contributed by atoms with van der Waals surface area (Å²) in [6.45, 7) is 4.13. The van der Waals surface area contributed by atoms with E-state index in [-0.39, 0.29) is 12.0 Å². The van der Waals surface area contributed by atoms with Gasteiger partial charge in [-0.15, -0.1) is 0 Å². The zero-order valence-corrected chi connectivity index (χ0v) is 9.75. The van der Waals surface area contributed by atoms with Crippen LogP contribution in [0.5, 0.6) is 0 Å². The van der Waals surface area contributed by atoms with Gasteiger partial charge in [-0.25, -0.2) is 0 Å². The van der Waals surface area contributed by atoms with Crippen molar-refractivity contribution in [3.05, 3.63) is 0 Å². The minimum atomic E-state index is -0.767. The number of aliphatic hydroxyl groups is 1. The molecule has 0 saturated heterocycles. The summed E-state index contributed by atoms with van der Waals surface area (Å²) >= 11 is 0. The Morgan fingerprint density at radius 3 is 2.67 bits per heavy atom. The first kappa shape index (κ1) is 12.5. The molecule has 1 amide bonds. The first-order chi connectivity index (χ1) is 6.95. The van der Waals surface area contributed by atoms with Crippen LogP contribution in [-0.2, 0) is 9.53 Å². The third kappa shape index (κ3) is 3.47. The number of hydrogen-bond donors (Lipinski definition) is 2. The van der Waals surface area contributed by atoms with Gasteiger partial charge >= 0.3 is 0 Å². The van der Waals surface area contributed by atoms with E-state index in [1.54, 1.807) is 13.8 Å². The summed E-state index contributed by atoms with van der Waals surface area (Å²) in [6, 6.07) is 0. The first-order valence-electron chi connectivity index (χ1n) is 5.47. The van der Waals surface area contributed by atoms with Gasteiger partial charge in [0.05, 0.1) is 6.10 Å². The fraction of sp³-hybridized carbons (Fsp3) is 0.909. The lowest BCUT2D eigenvalue weighted by Crippen LogP contribution is -2.45. The molecule has 2 atom stereocenters. The molecule has 0 heterocycles. The minimum Gasteiger partial charge on any atom is -0.393 e. The molecule has 0 spiro atoms. The number of amides is 1. The Bertz CT molecular complexity index is 228. The Kier molecular flexibility index (Phi) is 4.11. The summed E-state index contributed by atoms with van der Waals surface area (Å²) in [4.78, 5) is 11.6. The molecule has 1 rings (SSSR count). The first-order valence-corrected chi connectivity index (χ1v) is 5.47. The number of ether oxygens (including phenoxy) is 1. The van der Waals surface area contributed by atoms with Crippen molar-refractivity contribution in [2.45, 2.75) is 44.8 Å². The third-order valence-electron chi connectivity index (χ3n) is 3.12. The summed E-state index contributed by atoms with van der Waals surface area (Å²) in [6.07, 6.45) is 2.47. The van der Waals surface area contributed by atoms with Gasteiger partial charge in [0.2, 0.25) is 0 Å². The number of rotatable bonds is 4. The Balaban J connectivity index is 2.28. The van der Waals surface area contributed by atoms with Gasteiger partial charge in [0.15, 0.2) is 0 Å². The smallest absolute Gasteiger partial charge is 0.251 e. The normalized spacial score (nSPS) is 26.7. The maximum absolute atomic E-state index is 11.6. The van der Waals surface area contributed by atoms with Crippen molar-refractivity contribution in [3.63, 3.8) is 0 Å². The van der Waals surface area contributed by atoms with E-state index in [2.05, 4.69) is 5.32 Å². The number of methoxy groups -OCH3 is 1. The van der Waals surface area contributed by atoms with Gasteiger partial charge in [-0.1, -0.05) is 0 Å². The summed E-state index contributed by atoms with van der Waals surface area (Å²) in [5.74, 6) is 0.322. The molecule has 1 fully saturated rings. The molecule has 2 N–H and O–H groups in total. The number of carbonyl (C=O) groups is 1. The predicted octanol–water partition coefficient (Wildman–Crippen LogP) is 0.689. The van der Waals surface area contributed by atoms with E-state index in [4.69, 9.17) is 4.74 Å². The van der Waals surface area contributed by atoms with Gasteiger partial charge in [-0.2, -0.15) is 0 Å². The van der Waals surface area contributed by atoms with Crippen LogP contribution >= 0.6 is 0 Å². The quantitative estimate of drug-likeness (QED) is 0.725. The van der Waals surface area contributed by atoms with Crippen LogP contribution < -0.4 is 5.32 Å². The molecule has 4 nitrogen and oxygen atoms in total. The summed E-state index contributed by atoms with van der Waals surface area (Å²) in [7, 11) is 1.53. The van der Waals surface area contributed by atoms with E-state index in [1.165, 1.54) is 7.11 Å². The average Bonchev–Trinajstić information content (AvgIpc) is 2.60. The van der Waals surface area contributed by atoms with Crippen LogP contribution in [0.15, 0.2) is 0 Å². The molecule has 4 heteroatoms. The van der Waals surface area contributed by atoms with Crippen LogP contribution in [0.4, 0.5) is 0 Å². The maximum Gasteiger partial charge on any atom is 0.251 e. The summed E-state index contributed by atoms with van der Waals surface area (Å²) < 4.78 is 5.07. The topological polar surface area (TPSA) is 58.6 Å². The van der Waals surface area contributed by atoms with Crippen molar-refractivity contribution >= 4 is 5.91 Å². The highest BCUT2D eigenvalue weighted by molar-refractivity contribution is 5.84. The molecule has 0 aliphatic heterocycles. The highest BCUT2D eigenvalue weighted by atomic mass is 16.5. The number of hydrogen-bond acceptors (Lipinski definition) is 3. The van der Waals surface area contributed by atoms with Crippen molar-refractivity contribution in [1.82, 2.24) is 5.32 Å². The van der Waals surface area contributed by atoms with E-state index in [9.17, 15) is 9.90 Å². The molecule has 1 aliphatic carbocycles. The highest BCUT2D eigenvalue weighted by Gasteiger charge is 2.28. The van der Waals surface area contributed by atoms with Gasteiger partial charge in [-0.3, -0.25) is 4.79 Å². The molecule has 15 heavy (non-hydrogen) atoms. The van der Waals surface area contributed by atoms with Gasteiger partial charge in [-0.05, 0) is 39.0 Å². The second kappa shape index (κ2) is 4.94. The van der Waals surface area contributed by atoms with E-state index in [1.807, 2.05) is 0 Å². The van der Waals surface area contributed by atoms with Crippen molar-refractivity contribution < 1.29 is 14.6 Å². The Morgan fingerprint density at radius 2 is 2.20 bits per heavy atom. The number of carbonyl (C=O) groups excluding carboxylic acids is 1. The fourth-order valence-electron chi connectivity index (χ4n) is 1.78. The maximum atomic E-state index is 11.6. The van der Waals surface area contributed by atoms with Crippen LogP contribution in [0, 0.1) is 5.92 Å². The Hall–Kier alpha value is -0.610. The monoisotopic (exact) mass is 215 g/mol. The van der Waals surface area contributed by atoms with Crippen LogP contribution in [0.3, 0.4) is 0 Å². The van der Waals surface area contributed by atoms with Crippen LogP contribution in [-0.4, -0.2) is 36.4 Å². The average molecular weight is 215 g/mol. The van der Waals surface area contributed by atoms with Gasteiger partial charge in [0.25, 0.3) is 5.91 Å². The van der Waals surface area contributed by atoms with E-state index >= 15 is 0 Å². The summed E-state index contributed by atoms with van der Waals surface area (Å²) in [5, 5.41) is 12.2. The zero-order valence-electron chi connectivity index (χ0n) is 9.75. The van der Waals surface area contributed by atoms with Crippen molar-refractivity contribution in [2.24, 2.45) is 5.92 Å². The number of aliphatic hydroxyl groups excluding tert-OH is 1. The molecule has 88 valence electrons. The standard InChI is InChI=1S/C11H21NO3/c1-11(2,15-3)10(14)12-7-8-4-5-9(13)6-8/h8-9,13H,4-7H2,1-3H3,(H,12,14). The lowest BCUT2D eigenvalue weighted by Gasteiger charge is -2.22. The molecule has 0 aromatic heterocycles. The SMILES string of the molecule is COC(C)(C)C(=O)NCC1CCC(O)C1. The predicted molar refractivity (Wildman–Crippen MR) is 57.4 cm³/mol. The Labute approximate surface area is 91.0 Å². The Morgan fingerprint density at radius 1 is 1.53 bits per heavy atom. The molecular formula is C11H21NO3. The lowest BCUT2D eigenvalue weighted by atomic mass is 10.1. The fourth-order valence-corrected chi connectivity index (χ4v) is 1.78. The van der Waals surface area contributed by atoms with Gasteiger partial charge in [0.1, 0.15) is 5.60 Å². The highest BCUT2D eigenvalue weighted by Crippen LogP contribution is 2.24. The van der Waals surface area contributed by atoms with Crippen LogP contribution in [0.1, 0.15) is 33.1 Å². The van der Waals surface area contributed by atoms with Gasteiger partial charge < -0.3 is 15.2 Å². The molecule has 0 aromatic carbocycles. The largest absolute Gasteiger partial charge is 0.393 e. The third-order valence-corrected chi connectivity index (χ3v) is 3.12. The second-order valence-electron chi connectivity index (χ2n) is 4.76.